The van der Waals surface area contributed by atoms with E-state index >= 15 is 0 Å². The second kappa shape index (κ2) is 12.5. The fraction of sp³-hybridized carbons (Fsp3) is 0.393. The summed E-state index contributed by atoms with van der Waals surface area (Å²) < 4.78 is 2.23. The number of rotatable bonds is 9. The van der Waals surface area contributed by atoms with Crippen molar-refractivity contribution in [1.29, 1.82) is 0 Å². The predicted octanol–water partition coefficient (Wildman–Crippen LogP) is 5.88. The van der Waals surface area contributed by atoms with Crippen molar-refractivity contribution in [2.75, 3.05) is 6.54 Å². The molecule has 2 heterocycles. The summed E-state index contributed by atoms with van der Waals surface area (Å²) in [5, 5.41) is 16.7. The first kappa shape index (κ1) is 29.9. The molecule has 0 atom stereocenters. The molecule has 0 saturated heterocycles. The zero-order valence-corrected chi connectivity index (χ0v) is 24.8. The van der Waals surface area contributed by atoms with Crippen LogP contribution >= 0.6 is 35.0 Å². The van der Waals surface area contributed by atoms with Crippen LogP contribution in [-0.2, 0) is 17.9 Å². The third-order valence-electron chi connectivity index (χ3n) is 6.15. The van der Waals surface area contributed by atoms with Crippen LogP contribution in [0.15, 0.2) is 52.6 Å². The number of pyridine rings is 1. The van der Waals surface area contributed by atoms with Crippen molar-refractivity contribution in [2.45, 2.75) is 76.0 Å². The molecule has 3 rings (SSSR count). The molecule has 1 aromatic carbocycles. The average molecular weight is 577 g/mol. The summed E-state index contributed by atoms with van der Waals surface area (Å²) >= 11 is 14.2. The van der Waals surface area contributed by atoms with Crippen LogP contribution in [-0.4, -0.2) is 38.5 Å². The van der Waals surface area contributed by atoms with Gasteiger partial charge in [-0.15, -0.1) is 0 Å². The fourth-order valence-electron chi connectivity index (χ4n) is 4.24. The van der Waals surface area contributed by atoms with E-state index in [4.69, 9.17) is 23.2 Å². The van der Waals surface area contributed by atoms with Gasteiger partial charge in [0, 0.05) is 51.7 Å². The number of carbonyl (C=O) groups is 2. The van der Waals surface area contributed by atoms with Crippen molar-refractivity contribution in [3.63, 3.8) is 0 Å². The van der Waals surface area contributed by atoms with Gasteiger partial charge in [0.1, 0.15) is 6.09 Å². The van der Waals surface area contributed by atoms with Gasteiger partial charge in [-0.3, -0.25) is 9.78 Å². The number of hydrogen-bond acceptors (Lipinski definition) is 5. The summed E-state index contributed by atoms with van der Waals surface area (Å²) in [5.74, 6) is -0.248. The third-order valence-corrected chi connectivity index (χ3v) is 7.70. The SMILES string of the molecule is Cc1c(CNC(=O)CN(C(=O)[O-])C(C)(C)C)c(C(C)C)c(Sc2cc(Cl)cc(Cl)c2)n1Cc1ccncc1. The Kier molecular flexibility index (Phi) is 9.79. The molecule has 0 aliphatic carbocycles. The van der Waals surface area contributed by atoms with E-state index < -0.39 is 17.5 Å². The maximum absolute atomic E-state index is 12.8. The molecule has 10 heteroatoms. The monoisotopic (exact) mass is 575 g/mol. The second-order valence-corrected chi connectivity index (χ2v) is 12.3. The Bertz CT molecular complexity index is 1280. The zero-order valence-electron chi connectivity index (χ0n) is 22.5. The van der Waals surface area contributed by atoms with E-state index in [-0.39, 0.29) is 19.0 Å². The smallest absolute Gasteiger partial charge is 0.239 e. The van der Waals surface area contributed by atoms with E-state index in [0.29, 0.717) is 16.6 Å². The Hall–Kier alpha value is -2.68. The summed E-state index contributed by atoms with van der Waals surface area (Å²) in [6.45, 7) is 12.0. The minimum Gasteiger partial charge on any atom is -0.530 e. The minimum atomic E-state index is -1.38. The van der Waals surface area contributed by atoms with Gasteiger partial charge >= 0.3 is 0 Å². The highest BCUT2D eigenvalue weighted by molar-refractivity contribution is 7.99. The highest BCUT2D eigenvalue weighted by atomic mass is 35.5. The first-order valence-corrected chi connectivity index (χ1v) is 13.8. The lowest BCUT2D eigenvalue weighted by Crippen LogP contribution is -2.54. The molecule has 204 valence electrons. The number of carbonyl (C=O) groups excluding carboxylic acids is 2. The standard InChI is InChI=1S/C28H34Cl2N4O3S/c1-17(2)25-23(14-32-24(35)16-34(27(36)37)28(4,5)6)18(3)33(15-19-7-9-31-10-8-19)26(25)38-22-12-20(29)11-21(30)13-22/h7-13,17H,14-16H2,1-6H3,(H,32,35)(H,36,37)/p-1. The largest absolute Gasteiger partial charge is 0.530 e. The molecule has 0 radical (unpaired) electrons. The number of amides is 2. The maximum Gasteiger partial charge on any atom is 0.239 e. The minimum absolute atomic E-state index is 0.144. The second-order valence-electron chi connectivity index (χ2n) is 10.4. The molecule has 3 aromatic rings. The molecule has 0 bridgehead atoms. The molecule has 0 aliphatic heterocycles. The van der Waals surface area contributed by atoms with Gasteiger partial charge in [0.2, 0.25) is 5.91 Å². The van der Waals surface area contributed by atoms with E-state index in [1.807, 2.05) is 31.2 Å². The van der Waals surface area contributed by atoms with E-state index in [1.165, 1.54) is 0 Å². The van der Waals surface area contributed by atoms with Crippen molar-refractivity contribution in [1.82, 2.24) is 19.8 Å². The van der Waals surface area contributed by atoms with Gasteiger partial charge in [0.05, 0.1) is 11.6 Å². The zero-order chi connectivity index (χ0) is 28.2. The molecule has 1 N–H and O–H groups in total. The Morgan fingerprint density at radius 3 is 2.26 bits per heavy atom. The van der Waals surface area contributed by atoms with Gasteiger partial charge in [-0.25, -0.2) is 0 Å². The van der Waals surface area contributed by atoms with Crippen LogP contribution in [0.25, 0.3) is 0 Å². The molecule has 7 nitrogen and oxygen atoms in total. The van der Waals surface area contributed by atoms with Gasteiger partial charge in [0.25, 0.3) is 0 Å². The van der Waals surface area contributed by atoms with Gasteiger partial charge < -0.3 is 24.7 Å². The molecule has 38 heavy (non-hydrogen) atoms. The number of aromatic nitrogens is 2. The van der Waals surface area contributed by atoms with Crippen LogP contribution in [0.5, 0.6) is 0 Å². The number of benzene rings is 1. The quantitative estimate of drug-likeness (QED) is 0.344. The van der Waals surface area contributed by atoms with Crippen molar-refractivity contribution < 1.29 is 14.7 Å². The van der Waals surface area contributed by atoms with Gasteiger partial charge in [-0.2, -0.15) is 0 Å². The van der Waals surface area contributed by atoms with Crippen LogP contribution in [0, 0.1) is 6.92 Å². The molecule has 0 unspecified atom stereocenters. The Balaban J connectivity index is 2.01. The first-order chi connectivity index (χ1) is 17.8. The van der Waals surface area contributed by atoms with Crippen molar-refractivity contribution in [2.24, 2.45) is 0 Å². The number of halogens is 2. The van der Waals surface area contributed by atoms with E-state index in [9.17, 15) is 14.7 Å². The van der Waals surface area contributed by atoms with Crippen LogP contribution in [0.2, 0.25) is 10.0 Å². The van der Waals surface area contributed by atoms with Crippen LogP contribution < -0.4 is 10.4 Å². The van der Waals surface area contributed by atoms with Crippen molar-refractivity contribution in [3.05, 3.63) is 75.2 Å². The number of hydrogen-bond donors (Lipinski definition) is 1. The Morgan fingerprint density at radius 1 is 1.13 bits per heavy atom. The number of nitrogens with zero attached hydrogens (tertiary/aromatic N) is 3. The lowest BCUT2D eigenvalue weighted by molar-refractivity contribution is -0.270. The summed E-state index contributed by atoms with van der Waals surface area (Å²) in [4.78, 5) is 30.5. The summed E-state index contributed by atoms with van der Waals surface area (Å²) in [6.07, 6.45) is 2.15. The van der Waals surface area contributed by atoms with Crippen LogP contribution in [0.4, 0.5) is 4.79 Å². The molecular weight excluding hydrogens is 543 g/mol. The molecule has 2 amide bonds. The third kappa shape index (κ3) is 7.46. The molecule has 0 saturated carbocycles. The molecule has 2 aromatic heterocycles. The molecular formula is C28H33Cl2N4O3S-. The van der Waals surface area contributed by atoms with Gasteiger partial charge in [-0.1, -0.05) is 48.8 Å². The van der Waals surface area contributed by atoms with Gasteiger partial charge in [0.15, 0.2) is 0 Å². The summed E-state index contributed by atoms with van der Waals surface area (Å²) in [6, 6.07) is 9.41. The van der Waals surface area contributed by atoms with E-state index in [0.717, 1.165) is 37.2 Å². The van der Waals surface area contributed by atoms with E-state index in [2.05, 4.69) is 28.7 Å². The number of nitrogens with one attached hydrogen (secondary N) is 1. The summed E-state index contributed by atoms with van der Waals surface area (Å²) in [5.41, 5.74) is 3.43. The Labute approximate surface area is 238 Å². The predicted molar refractivity (Wildman–Crippen MR) is 151 cm³/mol. The first-order valence-electron chi connectivity index (χ1n) is 12.3. The average Bonchev–Trinajstić information content (AvgIpc) is 3.06. The lowest BCUT2D eigenvalue weighted by atomic mass is 10.0. The maximum atomic E-state index is 12.8. The summed E-state index contributed by atoms with van der Waals surface area (Å²) in [7, 11) is 0. The lowest BCUT2D eigenvalue weighted by Gasteiger charge is -2.37. The molecule has 0 fully saturated rings. The topological polar surface area (TPSA) is 90.3 Å². The molecule has 0 aliphatic rings. The van der Waals surface area contributed by atoms with Crippen molar-refractivity contribution >= 4 is 47.0 Å². The number of carboxylic acid groups (broad SMARTS) is 1. The van der Waals surface area contributed by atoms with Crippen molar-refractivity contribution in [3.8, 4) is 0 Å². The highest BCUT2D eigenvalue weighted by Gasteiger charge is 2.26. The Morgan fingerprint density at radius 2 is 1.74 bits per heavy atom. The van der Waals surface area contributed by atoms with Crippen LogP contribution in [0.3, 0.4) is 0 Å². The fourth-order valence-corrected chi connectivity index (χ4v) is 6.27. The molecule has 0 spiro atoms. The van der Waals surface area contributed by atoms with E-state index in [1.54, 1.807) is 51.0 Å². The van der Waals surface area contributed by atoms with Gasteiger partial charge in [-0.05, 0) is 80.6 Å². The highest BCUT2D eigenvalue weighted by Crippen LogP contribution is 2.41. The normalized spacial score (nSPS) is 11.6. The van der Waals surface area contributed by atoms with Crippen LogP contribution in [0.1, 0.15) is 62.9 Å².